The molecular formula is C23H28ClNO4. The maximum absolute atomic E-state index is 12.1. The fourth-order valence-corrected chi connectivity index (χ4v) is 3.22. The SMILES string of the molecule is CNC(=O)CCCC=CC[C@H]1C(=O)C=C[C@@H]1C=CC(O)COc1cccc(Cl)c1. The minimum Gasteiger partial charge on any atom is -0.491 e. The molecule has 0 saturated heterocycles. The van der Waals surface area contributed by atoms with Crippen LogP contribution in [-0.2, 0) is 9.59 Å². The van der Waals surface area contributed by atoms with E-state index in [0.717, 1.165) is 12.8 Å². The van der Waals surface area contributed by atoms with Crippen molar-refractivity contribution >= 4 is 23.3 Å². The number of ketones is 1. The van der Waals surface area contributed by atoms with Gasteiger partial charge in [0.05, 0.1) is 0 Å². The molecule has 156 valence electrons. The van der Waals surface area contributed by atoms with Crippen molar-refractivity contribution in [1.29, 1.82) is 0 Å². The molecule has 1 unspecified atom stereocenters. The lowest BCUT2D eigenvalue weighted by molar-refractivity contribution is -0.120. The Morgan fingerprint density at radius 1 is 1.38 bits per heavy atom. The van der Waals surface area contributed by atoms with Gasteiger partial charge in [-0.2, -0.15) is 0 Å². The third-order valence-corrected chi connectivity index (χ3v) is 4.93. The highest BCUT2D eigenvalue weighted by molar-refractivity contribution is 6.30. The molecule has 3 atom stereocenters. The Labute approximate surface area is 177 Å². The van der Waals surface area contributed by atoms with E-state index in [1.54, 1.807) is 43.5 Å². The average Bonchev–Trinajstić information content (AvgIpc) is 3.06. The molecule has 5 nitrogen and oxygen atoms in total. The smallest absolute Gasteiger partial charge is 0.219 e. The number of halogens is 1. The van der Waals surface area contributed by atoms with Gasteiger partial charge in [-0.25, -0.2) is 0 Å². The van der Waals surface area contributed by atoms with Gasteiger partial charge in [0, 0.05) is 30.3 Å². The topological polar surface area (TPSA) is 75.6 Å². The van der Waals surface area contributed by atoms with Gasteiger partial charge in [-0.1, -0.05) is 48.0 Å². The lowest BCUT2D eigenvalue weighted by Gasteiger charge is -2.14. The zero-order valence-corrected chi connectivity index (χ0v) is 17.3. The first-order valence-corrected chi connectivity index (χ1v) is 10.2. The van der Waals surface area contributed by atoms with Crippen LogP contribution in [-0.4, -0.2) is 36.6 Å². The summed E-state index contributed by atoms with van der Waals surface area (Å²) in [7, 11) is 1.63. The van der Waals surface area contributed by atoms with Gasteiger partial charge in [0.25, 0.3) is 0 Å². The fraction of sp³-hybridized carbons (Fsp3) is 0.391. The van der Waals surface area contributed by atoms with Crippen LogP contribution in [0.2, 0.25) is 5.02 Å². The number of carbonyl (C=O) groups is 2. The first-order valence-electron chi connectivity index (χ1n) is 9.82. The fourth-order valence-electron chi connectivity index (χ4n) is 3.04. The number of unbranched alkanes of at least 4 members (excludes halogenated alkanes) is 1. The molecule has 0 aliphatic heterocycles. The molecule has 0 spiro atoms. The van der Waals surface area contributed by atoms with Crippen molar-refractivity contribution in [2.75, 3.05) is 13.7 Å². The number of hydrogen-bond acceptors (Lipinski definition) is 4. The second-order valence-electron chi connectivity index (χ2n) is 6.94. The van der Waals surface area contributed by atoms with Crippen molar-refractivity contribution in [3.8, 4) is 5.75 Å². The van der Waals surface area contributed by atoms with Gasteiger partial charge >= 0.3 is 0 Å². The van der Waals surface area contributed by atoms with E-state index in [1.165, 1.54) is 0 Å². The van der Waals surface area contributed by atoms with E-state index in [0.29, 0.717) is 23.6 Å². The molecule has 1 aromatic rings. The number of carbonyl (C=O) groups excluding carboxylic acids is 2. The first-order chi connectivity index (χ1) is 14.0. The van der Waals surface area contributed by atoms with Crippen LogP contribution in [0.3, 0.4) is 0 Å². The molecule has 1 aliphatic rings. The summed E-state index contributed by atoms with van der Waals surface area (Å²) < 4.78 is 5.53. The molecule has 0 aromatic heterocycles. The third kappa shape index (κ3) is 8.26. The Morgan fingerprint density at radius 3 is 2.97 bits per heavy atom. The number of nitrogens with one attached hydrogen (secondary N) is 1. The Bertz CT molecular complexity index is 772. The zero-order valence-electron chi connectivity index (χ0n) is 16.6. The van der Waals surface area contributed by atoms with Crippen LogP contribution in [0.15, 0.2) is 60.7 Å². The number of aliphatic hydroxyl groups excluding tert-OH is 1. The third-order valence-electron chi connectivity index (χ3n) is 4.70. The molecule has 6 heteroatoms. The van der Waals surface area contributed by atoms with Crippen LogP contribution < -0.4 is 10.1 Å². The van der Waals surface area contributed by atoms with E-state index >= 15 is 0 Å². The van der Waals surface area contributed by atoms with Crippen molar-refractivity contribution in [3.05, 3.63) is 65.7 Å². The Balaban J connectivity index is 1.76. The second kappa shape index (κ2) is 12.2. The molecular weight excluding hydrogens is 390 g/mol. The summed E-state index contributed by atoms with van der Waals surface area (Å²) in [6, 6.07) is 7.00. The minimum absolute atomic E-state index is 0.0386. The largest absolute Gasteiger partial charge is 0.491 e. The van der Waals surface area contributed by atoms with Crippen molar-refractivity contribution in [3.63, 3.8) is 0 Å². The molecule has 1 aromatic carbocycles. The monoisotopic (exact) mass is 417 g/mol. The maximum Gasteiger partial charge on any atom is 0.219 e. The zero-order chi connectivity index (χ0) is 21.1. The minimum atomic E-state index is -0.779. The Kier molecular flexibility index (Phi) is 9.68. The molecule has 0 heterocycles. The van der Waals surface area contributed by atoms with Gasteiger partial charge in [-0.3, -0.25) is 9.59 Å². The van der Waals surface area contributed by atoms with E-state index in [9.17, 15) is 14.7 Å². The summed E-state index contributed by atoms with van der Waals surface area (Å²) in [6.45, 7) is 0.108. The molecule has 1 aliphatic carbocycles. The highest BCUT2D eigenvalue weighted by atomic mass is 35.5. The summed E-state index contributed by atoms with van der Waals surface area (Å²) in [5, 5.41) is 13.3. The number of aliphatic hydroxyl groups is 1. The second-order valence-corrected chi connectivity index (χ2v) is 7.37. The molecule has 2 rings (SSSR count). The van der Waals surface area contributed by atoms with Gasteiger partial charge < -0.3 is 15.2 Å². The number of rotatable bonds is 11. The molecule has 29 heavy (non-hydrogen) atoms. The Hall–Kier alpha value is -2.37. The number of ether oxygens (including phenoxy) is 1. The van der Waals surface area contributed by atoms with Crippen LogP contribution in [0, 0.1) is 11.8 Å². The van der Waals surface area contributed by atoms with Crippen LogP contribution in [0.5, 0.6) is 5.75 Å². The van der Waals surface area contributed by atoms with Crippen molar-refractivity contribution in [2.24, 2.45) is 11.8 Å². The number of allylic oxidation sites excluding steroid dienone is 5. The van der Waals surface area contributed by atoms with Crippen molar-refractivity contribution in [1.82, 2.24) is 5.32 Å². The highest BCUT2D eigenvalue weighted by Crippen LogP contribution is 2.27. The van der Waals surface area contributed by atoms with Crippen LogP contribution in [0.4, 0.5) is 0 Å². The number of benzene rings is 1. The van der Waals surface area contributed by atoms with Crippen molar-refractivity contribution in [2.45, 2.75) is 31.8 Å². The average molecular weight is 418 g/mol. The van der Waals surface area contributed by atoms with Gasteiger partial charge in [-0.05, 0) is 43.5 Å². The Morgan fingerprint density at radius 2 is 2.21 bits per heavy atom. The van der Waals surface area contributed by atoms with E-state index in [2.05, 4.69) is 5.32 Å². The summed E-state index contributed by atoms with van der Waals surface area (Å²) in [6.07, 6.45) is 13.0. The highest BCUT2D eigenvalue weighted by Gasteiger charge is 2.27. The normalized spacial score (nSPS) is 19.9. The van der Waals surface area contributed by atoms with Crippen LogP contribution in [0.1, 0.15) is 25.7 Å². The number of hydrogen-bond donors (Lipinski definition) is 2. The maximum atomic E-state index is 12.1. The van der Waals surface area contributed by atoms with Crippen LogP contribution in [0.25, 0.3) is 0 Å². The van der Waals surface area contributed by atoms with E-state index in [4.69, 9.17) is 16.3 Å². The van der Waals surface area contributed by atoms with E-state index in [-0.39, 0.29) is 30.1 Å². The van der Waals surface area contributed by atoms with Gasteiger partial charge in [0.2, 0.25) is 5.91 Å². The summed E-state index contributed by atoms with van der Waals surface area (Å²) >= 11 is 5.91. The molecule has 2 N–H and O–H groups in total. The van der Waals surface area contributed by atoms with Gasteiger partial charge in [-0.15, -0.1) is 0 Å². The predicted molar refractivity (Wildman–Crippen MR) is 115 cm³/mol. The van der Waals surface area contributed by atoms with E-state index < -0.39 is 6.10 Å². The molecule has 0 radical (unpaired) electrons. The summed E-state index contributed by atoms with van der Waals surface area (Å²) in [5.74, 6) is 0.539. The lowest BCUT2D eigenvalue weighted by Crippen LogP contribution is -2.17. The summed E-state index contributed by atoms with van der Waals surface area (Å²) in [4.78, 5) is 23.3. The summed E-state index contributed by atoms with van der Waals surface area (Å²) in [5.41, 5.74) is 0. The van der Waals surface area contributed by atoms with Crippen molar-refractivity contribution < 1.29 is 19.4 Å². The molecule has 0 bridgehead atoms. The van der Waals surface area contributed by atoms with Gasteiger partial charge in [0.15, 0.2) is 5.78 Å². The number of amides is 1. The predicted octanol–water partition coefficient (Wildman–Crippen LogP) is 3.87. The molecule has 0 fully saturated rings. The van der Waals surface area contributed by atoms with E-state index in [1.807, 2.05) is 24.3 Å². The lowest BCUT2D eigenvalue weighted by atomic mass is 9.90. The molecule has 1 amide bonds. The quantitative estimate of drug-likeness (QED) is 0.423. The molecule has 0 saturated carbocycles. The van der Waals surface area contributed by atoms with Gasteiger partial charge in [0.1, 0.15) is 18.5 Å². The standard InChI is InChI=1S/C23H28ClNO4/c1-25-23(28)10-5-3-2-4-9-21-17(12-14-22(21)27)11-13-19(26)16-29-20-8-6-7-18(24)15-20/h2,4,6-8,11-15,17,19,21,26H,3,5,9-10,16H2,1H3,(H,25,28)/t17-,19?,21+/m0/s1. The van der Waals surface area contributed by atoms with Crippen LogP contribution >= 0.6 is 11.6 Å². The first kappa shape index (κ1) is 22.9.